The Bertz CT molecular complexity index is 871. The minimum absolute atomic E-state index is 0.0200. The number of H-pyrrole nitrogens is 1. The summed E-state index contributed by atoms with van der Waals surface area (Å²) in [5.74, 6) is 2.27. The maximum absolute atomic E-state index is 13.0. The second-order valence-corrected chi connectivity index (χ2v) is 6.81. The quantitative estimate of drug-likeness (QED) is 0.559. The van der Waals surface area contributed by atoms with Crippen molar-refractivity contribution in [1.82, 2.24) is 9.55 Å². The number of nitrogens with one attached hydrogen (secondary N) is 1. The fourth-order valence-electron chi connectivity index (χ4n) is 2.58. The summed E-state index contributed by atoms with van der Waals surface area (Å²) in [5, 5.41) is 0.336. The van der Waals surface area contributed by atoms with Crippen LogP contribution in [0.3, 0.4) is 0 Å². The van der Waals surface area contributed by atoms with E-state index in [0.717, 1.165) is 0 Å². The highest BCUT2D eigenvalue weighted by molar-refractivity contribution is 7.80. The van der Waals surface area contributed by atoms with Crippen molar-refractivity contribution in [3.8, 4) is 12.3 Å². The van der Waals surface area contributed by atoms with Gasteiger partial charge in [-0.05, 0) is 12.2 Å². The topological polar surface area (TPSA) is 82.6 Å². The van der Waals surface area contributed by atoms with Crippen molar-refractivity contribution in [1.29, 1.82) is 0 Å². The molecule has 1 aliphatic rings. The fourth-order valence-corrected chi connectivity index (χ4v) is 2.65. The van der Waals surface area contributed by atoms with Crippen LogP contribution in [0.1, 0.15) is 32.1 Å². The molecule has 0 bridgehead atoms. The summed E-state index contributed by atoms with van der Waals surface area (Å²) in [4.78, 5) is 25.1. The first-order chi connectivity index (χ1) is 13.0. The van der Waals surface area contributed by atoms with Crippen molar-refractivity contribution in [3.05, 3.63) is 32.6 Å². The van der Waals surface area contributed by atoms with Crippen LogP contribution in [0, 0.1) is 18.3 Å². The molecule has 1 N–H and O–H groups in total. The first-order valence-corrected chi connectivity index (χ1v) is 8.75. The lowest BCUT2D eigenvalue weighted by Crippen LogP contribution is -2.36. The van der Waals surface area contributed by atoms with Crippen molar-refractivity contribution >= 4 is 17.3 Å². The second kappa shape index (κ2) is 8.89. The largest absolute Gasteiger partial charge is 0.484 e. The van der Waals surface area contributed by atoms with Gasteiger partial charge in [0.1, 0.15) is 31.1 Å². The number of terminal acetylenes is 1. The number of hydrogen-bond acceptors (Lipinski definition) is 6. The Kier molecular flexibility index (Phi) is 7.03. The van der Waals surface area contributed by atoms with E-state index in [1.165, 1.54) is 0 Å². The van der Waals surface area contributed by atoms with E-state index in [4.69, 9.17) is 32.9 Å². The van der Waals surface area contributed by atoms with Crippen LogP contribution < -0.4 is 11.2 Å². The minimum Gasteiger partial charge on any atom is -0.484 e. The van der Waals surface area contributed by atoms with Crippen LogP contribution in [0.5, 0.6) is 0 Å². The van der Waals surface area contributed by atoms with E-state index in [2.05, 4.69) is 5.92 Å². The molecule has 1 aliphatic heterocycles. The molecule has 7 nitrogen and oxygen atoms in total. The van der Waals surface area contributed by atoms with Crippen LogP contribution in [-0.4, -0.2) is 40.0 Å². The molecule has 154 valence electrons. The molecule has 1 saturated heterocycles. The van der Waals surface area contributed by atoms with Crippen LogP contribution in [-0.2, 0) is 20.4 Å². The molecule has 0 unspecified atom stereocenters. The maximum atomic E-state index is 13.0. The normalized spacial score (nSPS) is 22.2. The molecular formula is C17H19F3N2O5S. The number of ether oxygens (including phenoxy) is 3. The van der Waals surface area contributed by atoms with Gasteiger partial charge in [0.15, 0.2) is 5.05 Å². The summed E-state index contributed by atoms with van der Waals surface area (Å²) < 4.78 is 56.3. The molecular weight excluding hydrogens is 401 g/mol. The average molecular weight is 420 g/mol. The van der Waals surface area contributed by atoms with E-state index < -0.39 is 41.4 Å². The molecule has 2 heterocycles. The molecule has 1 fully saturated rings. The zero-order chi connectivity index (χ0) is 21.1. The maximum Gasteiger partial charge on any atom is 0.423 e. The highest BCUT2D eigenvalue weighted by atomic mass is 32.1. The van der Waals surface area contributed by atoms with Gasteiger partial charge in [0.2, 0.25) is 0 Å². The third-order valence-electron chi connectivity index (χ3n) is 4.01. The zero-order valence-corrected chi connectivity index (χ0v) is 15.9. The van der Waals surface area contributed by atoms with Gasteiger partial charge in [-0.15, -0.1) is 6.42 Å². The van der Waals surface area contributed by atoms with Crippen LogP contribution in [0.2, 0.25) is 0 Å². The number of hydrogen-bond donors (Lipinski definition) is 1. The molecule has 0 amide bonds. The van der Waals surface area contributed by atoms with Gasteiger partial charge in [0.25, 0.3) is 5.56 Å². The van der Waals surface area contributed by atoms with Crippen LogP contribution >= 0.6 is 12.2 Å². The monoisotopic (exact) mass is 420 g/mol. The first-order valence-electron chi connectivity index (χ1n) is 8.34. The van der Waals surface area contributed by atoms with Crippen molar-refractivity contribution in [2.24, 2.45) is 5.92 Å². The highest BCUT2D eigenvalue weighted by Gasteiger charge is 2.40. The molecule has 1 aromatic heterocycles. The van der Waals surface area contributed by atoms with E-state index in [0.29, 0.717) is 15.8 Å². The Balaban J connectivity index is 2.27. The SMILES string of the molecule is C#CCO[C@H]1C[C@H](n2cc(C(F)(F)F)c(=O)[nH]c2=O)O[C@@H]1COC(=S)C(C)C. The summed E-state index contributed by atoms with van der Waals surface area (Å²) in [7, 11) is 0. The lowest BCUT2D eigenvalue weighted by molar-refractivity contribution is -0.139. The molecule has 28 heavy (non-hydrogen) atoms. The van der Waals surface area contributed by atoms with Gasteiger partial charge in [0, 0.05) is 18.5 Å². The summed E-state index contributed by atoms with van der Waals surface area (Å²) >= 11 is 5.08. The number of thiocarbonyl (C=S) groups is 1. The zero-order valence-electron chi connectivity index (χ0n) is 15.1. The Hall–Kier alpha value is -2.16. The average Bonchev–Trinajstić information content (AvgIpc) is 2.99. The molecule has 1 aromatic rings. The van der Waals surface area contributed by atoms with Gasteiger partial charge in [-0.3, -0.25) is 14.3 Å². The molecule has 11 heteroatoms. The predicted molar refractivity (Wildman–Crippen MR) is 96.8 cm³/mol. The Labute approximate surface area is 163 Å². The summed E-state index contributed by atoms with van der Waals surface area (Å²) in [6.07, 6.45) is -1.73. The fraction of sp³-hybridized carbons (Fsp3) is 0.588. The highest BCUT2D eigenvalue weighted by Crippen LogP contribution is 2.32. The Morgan fingerprint density at radius 2 is 2.18 bits per heavy atom. The van der Waals surface area contributed by atoms with Gasteiger partial charge < -0.3 is 14.2 Å². The van der Waals surface area contributed by atoms with Crippen LogP contribution in [0.15, 0.2) is 15.8 Å². The van der Waals surface area contributed by atoms with Crippen molar-refractivity contribution in [3.63, 3.8) is 0 Å². The standard InChI is InChI=1S/C17H19F3N2O5S/c1-4-5-25-11-6-13(27-12(11)8-26-15(28)9(2)3)22-7-10(17(18,19)20)14(23)21-16(22)24/h1,7,9,11-13H,5-6,8H2,2-3H3,(H,21,23,24)/t11-,12+,13+/m0/s1. The Morgan fingerprint density at radius 3 is 2.75 bits per heavy atom. The Morgan fingerprint density at radius 1 is 1.50 bits per heavy atom. The van der Waals surface area contributed by atoms with E-state index in [1.54, 1.807) is 4.98 Å². The number of aromatic nitrogens is 2. The molecule has 0 aromatic carbocycles. The first kappa shape index (κ1) is 22.1. The van der Waals surface area contributed by atoms with Gasteiger partial charge >= 0.3 is 11.9 Å². The molecule has 2 rings (SSSR count). The van der Waals surface area contributed by atoms with Gasteiger partial charge in [-0.25, -0.2) is 4.79 Å². The van der Waals surface area contributed by atoms with Gasteiger partial charge in [0.05, 0.1) is 6.10 Å². The van der Waals surface area contributed by atoms with Gasteiger partial charge in [-0.2, -0.15) is 13.2 Å². The van der Waals surface area contributed by atoms with Crippen LogP contribution in [0.4, 0.5) is 13.2 Å². The number of rotatable bonds is 6. The van der Waals surface area contributed by atoms with Crippen LogP contribution in [0.25, 0.3) is 0 Å². The van der Waals surface area contributed by atoms with Crippen molar-refractivity contribution in [2.75, 3.05) is 13.2 Å². The van der Waals surface area contributed by atoms with Crippen molar-refractivity contribution in [2.45, 2.75) is 44.9 Å². The van der Waals surface area contributed by atoms with E-state index in [9.17, 15) is 22.8 Å². The molecule has 0 aliphatic carbocycles. The van der Waals surface area contributed by atoms with Crippen molar-refractivity contribution < 1.29 is 27.4 Å². The summed E-state index contributed by atoms with van der Waals surface area (Å²) in [5.41, 5.74) is -4.05. The smallest absolute Gasteiger partial charge is 0.423 e. The third-order valence-corrected chi connectivity index (χ3v) is 4.60. The van der Waals surface area contributed by atoms with E-state index in [1.807, 2.05) is 13.8 Å². The molecule has 3 atom stereocenters. The lowest BCUT2D eigenvalue weighted by Gasteiger charge is -2.20. The predicted octanol–water partition coefficient (Wildman–Crippen LogP) is 1.86. The number of nitrogens with zero attached hydrogens (tertiary/aromatic N) is 1. The van der Waals surface area contributed by atoms with E-state index in [-0.39, 0.29) is 25.6 Å². The lowest BCUT2D eigenvalue weighted by atomic mass is 10.2. The molecule has 0 saturated carbocycles. The van der Waals surface area contributed by atoms with Gasteiger partial charge in [-0.1, -0.05) is 19.8 Å². The van der Waals surface area contributed by atoms with E-state index >= 15 is 0 Å². The third kappa shape index (κ3) is 5.21. The second-order valence-electron chi connectivity index (χ2n) is 6.41. The molecule has 0 spiro atoms. The summed E-state index contributed by atoms with van der Waals surface area (Å²) in [6.45, 7) is 3.60. The number of alkyl halides is 3. The number of halogens is 3. The minimum atomic E-state index is -4.92. The molecule has 0 radical (unpaired) electrons. The number of aromatic amines is 1. The summed E-state index contributed by atoms with van der Waals surface area (Å²) in [6, 6.07) is 0.